The molecule has 1 aliphatic rings. The van der Waals surface area contributed by atoms with E-state index < -0.39 is 5.97 Å². The van der Waals surface area contributed by atoms with E-state index in [0.717, 1.165) is 48.4 Å². The van der Waals surface area contributed by atoms with Crippen LogP contribution in [0.3, 0.4) is 0 Å². The summed E-state index contributed by atoms with van der Waals surface area (Å²) in [7, 11) is 0. The number of aromatic nitrogens is 2. The largest absolute Gasteiger partial charge is 0.481 e. The topological polar surface area (TPSA) is 79.8 Å². The fourth-order valence-corrected chi connectivity index (χ4v) is 4.69. The number of nitrogens with zero attached hydrogens (tertiary/aromatic N) is 4. The van der Waals surface area contributed by atoms with Crippen LogP contribution in [0.5, 0.6) is 0 Å². The maximum Gasteiger partial charge on any atom is 0.303 e. The maximum atomic E-state index is 13.4. The van der Waals surface area contributed by atoms with Gasteiger partial charge >= 0.3 is 5.97 Å². The predicted octanol–water partition coefficient (Wildman–Crippen LogP) is 5.13. The number of hydrogen-bond acceptors (Lipinski definition) is 4. The fourth-order valence-electron chi connectivity index (χ4n) is 4.69. The van der Waals surface area contributed by atoms with Gasteiger partial charge in [0.15, 0.2) is 11.5 Å². The fraction of sp³-hybridized carbons (Fsp3) is 0.385. The second-order valence-corrected chi connectivity index (χ2v) is 8.82. The molecule has 1 fully saturated rings. The van der Waals surface area contributed by atoms with E-state index in [4.69, 9.17) is 6.57 Å². The van der Waals surface area contributed by atoms with Gasteiger partial charge in [-0.1, -0.05) is 25.5 Å². The summed E-state index contributed by atoms with van der Waals surface area (Å²) < 4.78 is 2.00. The Kier molecular flexibility index (Phi) is 6.57. The molecule has 7 nitrogen and oxygen atoms in total. The lowest BCUT2D eigenvalue weighted by molar-refractivity contribution is -0.137. The third kappa shape index (κ3) is 4.67. The van der Waals surface area contributed by atoms with Gasteiger partial charge in [0, 0.05) is 17.6 Å². The first-order chi connectivity index (χ1) is 15.9. The molecule has 0 saturated carbocycles. The number of ketones is 1. The Morgan fingerprint density at radius 3 is 2.52 bits per heavy atom. The van der Waals surface area contributed by atoms with E-state index in [1.165, 1.54) is 6.42 Å². The number of pyridine rings is 1. The van der Waals surface area contributed by atoms with Gasteiger partial charge in [-0.25, -0.2) is 4.85 Å². The van der Waals surface area contributed by atoms with Gasteiger partial charge < -0.3 is 9.67 Å². The quantitative estimate of drug-likeness (QED) is 0.404. The average molecular weight is 445 g/mol. The van der Waals surface area contributed by atoms with E-state index >= 15 is 0 Å². The molecule has 0 spiro atoms. The summed E-state index contributed by atoms with van der Waals surface area (Å²) in [5.74, 6) is -1.02. The van der Waals surface area contributed by atoms with E-state index in [1.54, 1.807) is 18.3 Å². The lowest BCUT2D eigenvalue weighted by Gasteiger charge is -2.25. The highest BCUT2D eigenvalue weighted by Gasteiger charge is 2.25. The molecule has 7 heteroatoms. The minimum Gasteiger partial charge on any atom is -0.481 e. The predicted molar refractivity (Wildman–Crippen MR) is 127 cm³/mol. The van der Waals surface area contributed by atoms with Crippen molar-refractivity contribution >= 4 is 28.5 Å². The van der Waals surface area contributed by atoms with Gasteiger partial charge in [0.25, 0.3) is 0 Å². The number of carboxylic acids is 1. The van der Waals surface area contributed by atoms with Gasteiger partial charge in [0.1, 0.15) is 0 Å². The summed E-state index contributed by atoms with van der Waals surface area (Å²) in [5.41, 5.74) is 5.03. The highest BCUT2D eigenvalue weighted by Crippen LogP contribution is 2.32. The summed E-state index contributed by atoms with van der Waals surface area (Å²) in [5, 5.41) is 9.22. The average Bonchev–Trinajstić information content (AvgIpc) is 3.10. The van der Waals surface area contributed by atoms with Crippen molar-refractivity contribution < 1.29 is 14.7 Å². The zero-order valence-corrected chi connectivity index (χ0v) is 19.0. The van der Waals surface area contributed by atoms with Crippen LogP contribution in [0.2, 0.25) is 0 Å². The number of Topliss-reactive ketones (excluding diaryl/α,β-unsaturated/α-hetero) is 1. The van der Waals surface area contributed by atoms with Crippen LogP contribution < -0.4 is 0 Å². The summed E-state index contributed by atoms with van der Waals surface area (Å²) in [6, 6.07) is 9.20. The Labute approximate surface area is 193 Å². The van der Waals surface area contributed by atoms with Crippen molar-refractivity contribution in [3.8, 4) is 5.69 Å². The molecule has 0 amide bonds. The van der Waals surface area contributed by atoms with Crippen LogP contribution in [0.4, 0.5) is 5.69 Å². The molecule has 3 aromatic rings. The number of carboxylic acid groups (broad SMARTS) is 1. The smallest absolute Gasteiger partial charge is 0.303 e. The molecule has 1 N–H and O–H groups in total. The second-order valence-electron chi connectivity index (χ2n) is 8.82. The third-order valence-electron chi connectivity index (χ3n) is 6.45. The Morgan fingerprint density at radius 2 is 1.88 bits per heavy atom. The van der Waals surface area contributed by atoms with Crippen molar-refractivity contribution in [1.29, 1.82) is 0 Å². The Bertz CT molecular complexity index is 1230. The molecule has 1 saturated heterocycles. The highest BCUT2D eigenvalue weighted by molar-refractivity contribution is 6.09. The summed E-state index contributed by atoms with van der Waals surface area (Å²) in [4.78, 5) is 35.0. The van der Waals surface area contributed by atoms with E-state index in [9.17, 15) is 14.7 Å². The molecular weight excluding hydrogens is 416 g/mol. The van der Waals surface area contributed by atoms with Crippen molar-refractivity contribution in [3.05, 3.63) is 64.8 Å². The molecule has 2 aromatic heterocycles. The molecule has 0 bridgehead atoms. The standard InChI is InChI=1S/C26H28N4O3/c1-17(13-24(32)33)19-14-22-26(28-15-19)25(23(31)16-29-11-5-4-6-12-29)18(2)30(22)21-9-7-20(27-3)8-10-21/h7-10,14-15,17H,4-6,11-13,16H2,1-2H3,(H,32,33). The number of rotatable bonds is 7. The van der Waals surface area contributed by atoms with Crippen molar-refractivity contribution in [2.75, 3.05) is 19.6 Å². The number of benzene rings is 1. The minimum absolute atomic E-state index is 0.00727. The number of piperidine rings is 1. The van der Waals surface area contributed by atoms with E-state index in [2.05, 4.69) is 14.7 Å². The van der Waals surface area contributed by atoms with Crippen LogP contribution in [-0.2, 0) is 4.79 Å². The number of carbonyl (C=O) groups excluding carboxylic acids is 1. The molecule has 1 atom stereocenters. The van der Waals surface area contributed by atoms with Gasteiger partial charge in [-0.2, -0.15) is 0 Å². The molecule has 33 heavy (non-hydrogen) atoms. The first-order valence-electron chi connectivity index (χ1n) is 11.3. The zero-order chi connectivity index (χ0) is 23.5. The molecule has 1 aromatic carbocycles. The zero-order valence-electron chi connectivity index (χ0n) is 19.0. The van der Waals surface area contributed by atoms with Crippen LogP contribution in [0.15, 0.2) is 36.5 Å². The van der Waals surface area contributed by atoms with Crippen LogP contribution in [0.1, 0.15) is 60.1 Å². The van der Waals surface area contributed by atoms with E-state index in [0.29, 0.717) is 23.3 Å². The summed E-state index contributed by atoms with van der Waals surface area (Å²) >= 11 is 0. The van der Waals surface area contributed by atoms with Crippen molar-refractivity contribution in [2.24, 2.45) is 0 Å². The van der Waals surface area contributed by atoms with E-state index in [-0.39, 0.29) is 18.1 Å². The molecule has 1 aliphatic heterocycles. The van der Waals surface area contributed by atoms with Gasteiger partial charge in [-0.3, -0.25) is 19.5 Å². The van der Waals surface area contributed by atoms with Crippen LogP contribution in [0.25, 0.3) is 21.6 Å². The molecular formula is C26H28N4O3. The molecule has 1 unspecified atom stereocenters. The number of aliphatic carboxylic acids is 1. The van der Waals surface area contributed by atoms with Gasteiger partial charge in [-0.15, -0.1) is 0 Å². The SMILES string of the molecule is [C-]#[N+]c1ccc(-n2c(C)c(C(=O)CN3CCCCC3)c3ncc(C(C)CC(=O)O)cc32)cc1. The minimum atomic E-state index is -0.860. The van der Waals surface area contributed by atoms with Gasteiger partial charge in [0.05, 0.1) is 36.1 Å². The van der Waals surface area contributed by atoms with Gasteiger partial charge in [-0.05, 0) is 62.5 Å². The van der Waals surface area contributed by atoms with Crippen molar-refractivity contribution in [3.63, 3.8) is 0 Å². The monoisotopic (exact) mass is 444 g/mol. The number of fused-ring (bicyclic) bond motifs is 1. The van der Waals surface area contributed by atoms with Crippen LogP contribution in [-0.4, -0.2) is 50.9 Å². The van der Waals surface area contributed by atoms with Crippen molar-refractivity contribution in [1.82, 2.24) is 14.5 Å². The third-order valence-corrected chi connectivity index (χ3v) is 6.45. The first kappa shape index (κ1) is 22.7. The van der Waals surface area contributed by atoms with Crippen LogP contribution >= 0.6 is 0 Å². The molecule has 4 rings (SSSR count). The Morgan fingerprint density at radius 1 is 1.18 bits per heavy atom. The molecule has 3 heterocycles. The lowest BCUT2D eigenvalue weighted by Crippen LogP contribution is -2.34. The number of likely N-dealkylation sites (tertiary alicyclic amines) is 1. The Hall–Kier alpha value is -3.50. The normalized spacial score (nSPS) is 15.3. The summed E-state index contributed by atoms with van der Waals surface area (Å²) in [6.07, 6.45) is 5.14. The van der Waals surface area contributed by atoms with E-state index in [1.807, 2.05) is 36.6 Å². The first-order valence-corrected chi connectivity index (χ1v) is 11.3. The lowest BCUT2D eigenvalue weighted by atomic mass is 9.99. The highest BCUT2D eigenvalue weighted by atomic mass is 16.4. The van der Waals surface area contributed by atoms with Crippen molar-refractivity contribution in [2.45, 2.75) is 45.4 Å². The maximum absolute atomic E-state index is 13.4. The van der Waals surface area contributed by atoms with Gasteiger partial charge in [0.2, 0.25) is 0 Å². The molecule has 170 valence electrons. The number of carbonyl (C=O) groups is 2. The Balaban J connectivity index is 1.83. The molecule has 0 radical (unpaired) electrons. The molecule has 0 aliphatic carbocycles. The summed E-state index contributed by atoms with van der Waals surface area (Å²) in [6.45, 7) is 13.3. The van der Waals surface area contributed by atoms with Crippen LogP contribution in [0, 0.1) is 13.5 Å². The second kappa shape index (κ2) is 9.55. The number of hydrogen-bond donors (Lipinski definition) is 1.